The van der Waals surface area contributed by atoms with Crippen molar-refractivity contribution in [1.82, 2.24) is 5.43 Å². The van der Waals surface area contributed by atoms with Crippen molar-refractivity contribution >= 4 is 56.5 Å². The number of ether oxygens (including phenoxy) is 3. The van der Waals surface area contributed by atoms with Crippen molar-refractivity contribution in [3.05, 3.63) is 106 Å². The first-order valence-electron chi connectivity index (χ1n) is 14.3. The summed E-state index contributed by atoms with van der Waals surface area (Å²) in [5, 5.41) is 2.45. The lowest BCUT2D eigenvalue weighted by molar-refractivity contribution is -0.120. The Balaban J connectivity index is 1.45. The number of carbonyl (C=O) groups is 2. The number of hydrazine groups is 1. The molecule has 1 heterocycles. The second kappa shape index (κ2) is 14.5. The summed E-state index contributed by atoms with van der Waals surface area (Å²) in [5.74, 6) is 0.859. The molecule has 0 spiro atoms. The number of hydrogen-bond donors (Lipinski definition) is 1. The van der Waals surface area contributed by atoms with Crippen LogP contribution in [0.4, 0.5) is 17.1 Å². The molecule has 4 aromatic carbocycles. The fraction of sp³-hybridized carbons (Fsp3) is 0.235. The molecule has 0 saturated carbocycles. The van der Waals surface area contributed by atoms with Crippen LogP contribution in [0, 0.1) is 0 Å². The zero-order valence-corrected chi connectivity index (χ0v) is 26.9. The van der Waals surface area contributed by atoms with Gasteiger partial charge in [-0.05, 0) is 97.6 Å². The number of hydrogen-bond acceptors (Lipinski definition) is 7. The molecule has 0 bridgehead atoms. The summed E-state index contributed by atoms with van der Waals surface area (Å²) >= 11 is 9.52. The molecule has 0 aromatic heterocycles. The van der Waals surface area contributed by atoms with E-state index in [2.05, 4.69) is 32.3 Å². The van der Waals surface area contributed by atoms with Gasteiger partial charge in [0.15, 0.2) is 0 Å². The van der Waals surface area contributed by atoms with Gasteiger partial charge >= 0.3 is 5.97 Å². The molecule has 228 valence electrons. The topological polar surface area (TPSA) is 80.3 Å². The lowest BCUT2D eigenvalue weighted by atomic mass is 10.1. The van der Waals surface area contributed by atoms with Gasteiger partial charge in [-0.2, -0.15) is 0 Å². The maximum Gasteiger partial charge on any atom is 0.341 e. The number of methoxy groups -OCH3 is 2. The Bertz CT molecular complexity index is 1610. The smallest absolute Gasteiger partial charge is 0.341 e. The predicted octanol–water partition coefficient (Wildman–Crippen LogP) is 8.09. The van der Waals surface area contributed by atoms with E-state index >= 15 is 0 Å². The highest BCUT2D eigenvalue weighted by Crippen LogP contribution is 2.36. The van der Waals surface area contributed by atoms with Gasteiger partial charge in [0.05, 0.1) is 37.7 Å². The molecule has 1 amide bonds. The molecule has 44 heavy (non-hydrogen) atoms. The monoisotopic (exact) mass is 677 g/mol. The number of carbonyl (C=O) groups excluding carboxylic acids is 2. The van der Waals surface area contributed by atoms with Crippen LogP contribution in [0.25, 0.3) is 0 Å². The van der Waals surface area contributed by atoms with Crippen molar-refractivity contribution in [1.29, 1.82) is 0 Å². The van der Waals surface area contributed by atoms with Crippen molar-refractivity contribution in [3.63, 3.8) is 0 Å². The van der Waals surface area contributed by atoms with Crippen LogP contribution in [0.3, 0.4) is 0 Å². The van der Waals surface area contributed by atoms with Gasteiger partial charge in [0.25, 0.3) is 0 Å². The van der Waals surface area contributed by atoms with Crippen LogP contribution >= 0.6 is 27.5 Å². The molecule has 0 unspecified atom stereocenters. The number of nitrogens with one attached hydrogen (secondary N) is 1. The first-order valence-corrected chi connectivity index (χ1v) is 15.4. The van der Waals surface area contributed by atoms with Crippen LogP contribution in [0.15, 0.2) is 89.4 Å². The zero-order valence-electron chi connectivity index (χ0n) is 24.5. The molecule has 1 fully saturated rings. The van der Waals surface area contributed by atoms with Crippen molar-refractivity contribution in [2.75, 3.05) is 37.2 Å². The number of halogens is 2. The van der Waals surface area contributed by atoms with Crippen LogP contribution in [0.2, 0.25) is 5.02 Å². The summed E-state index contributed by atoms with van der Waals surface area (Å²) in [5.41, 5.74) is 6.70. The lowest BCUT2D eigenvalue weighted by Gasteiger charge is -2.34. The molecule has 1 N–H and O–H groups in total. The summed E-state index contributed by atoms with van der Waals surface area (Å²) in [6, 6.07) is 26.1. The van der Waals surface area contributed by atoms with Gasteiger partial charge in [0.2, 0.25) is 5.91 Å². The molecule has 1 aliphatic heterocycles. The quantitative estimate of drug-likeness (QED) is 0.134. The third kappa shape index (κ3) is 7.46. The number of rotatable bonds is 10. The van der Waals surface area contributed by atoms with Crippen molar-refractivity contribution in [3.8, 4) is 17.2 Å². The Morgan fingerprint density at radius 1 is 0.909 bits per heavy atom. The van der Waals surface area contributed by atoms with Crippen LogP contribution in [0.1, 0.15) is 35.2 Å². The molecule has 8 nitrogen and oxygen atoms in total. The fourth-order valence-corrected chi connectivity index (χ4v) is 5.74. The molecule has 1 aliphatic rings. The maximum absolute atomic E-state index is 13.7. The van der Waals surface area contributed by atoms with Gasteiger partial charge in [0.1, 0.15) is 22.8 Å². The van der Waals surface area contributed by atoms with Gasteiger partial charge in [-0.15, -0.1) is 0 Å². The second-order valence-electron chi connectivity index (χ2n) is 10.3. The highest BCUT2D eigenvalue weighted by molar-refractivity contribution is 9.10. The van der Waals surface area contributed by atoms with Gasteiger partial charge in [0, 0.05) is 22.6 Å². The molecule has 1 saturated heterocycles. The molecule has 0 atom stereocenters. The van der Waals surface area contributed by atoms with E-state index in [0.29, 0.717) is 32.3 Å². The first-order chi connectivity index (χ1) is 21.4. The van der Waals surface area contributed by atoms with E-state index in [4.69, 9.17) is 25.8 Å². The minimum atomic E-state index is -0.525. The fourth-order valence-electron chi connectivity index (χ4n) is 5.13. The van der Waals surface area contributed by atoms with Crippen LogP contribution in [-0.4, -0.2) is 39.2 Å². The number of esters is 1. The van der Waals surface area contributed by atoms with Crippen molar-refractivity contribution in [2.24, 2.45) is 0 Å². The molecule has 0 aliphatic carbocycles. The number of piperidine rings is 1. The summed E-state index contributed by atoms with van der Waals surface area (Å²) in [6.45, 7) is 1.90. The third-order valence-corrected chi connectivity index (χ3v) is 8.32. The number of benzene rings is 4. The predicted molar refractivity (Wildman–Crippen MR) is 176 cm³/mol. The van der Waals surface area contributed by atoms with Gasteiger partial charge in [-0.3, -0.25) is 15.2 Å². The Labute approximate surface area is 270 Å². The molecular weight excluding hydrogens is 646 g/mol. The van der Waals surface area contributed by atoms with Crippen molar-refractivity contribution < 1.29 is 23.8 Å². The lowest BCUT2D eigenvalue weighted by Crippen LogP contribution is -2.41. The van der Waals surface area contributed by atoms with E-state index in [1.807, 2.05) is 59.6 Å². The van der Waals surface area contributed by atoms with Crippen LogP contribution < -0.4 is 24.8 Å². The minimum Gasteiger partial charge on any atom is -0.496 e. The second-order valence-corrected chi connectivity index (χ2v) is 11.6. The number of amides is 1. The number of para-hydroxylation sites is 2. The molecule has 4 aromatic rings. The maximum atomic E-state index is 13.7. The highest BCUT2D eigenvalue weighted by Gasteiger charge is 2.23. The normalized spacial score (nSPS) is 12.8. The van der Waals surface area contributed by atoms with E-state index < -0.39 is 5.97 Å². The molecule has 5 rings (SSSR count). The highest BCUT2D eigenvalue weighted by atomic mass is 79.9. The van der Waals surface area contributed by atoms with E-state index in [9.17, 15) is 9.59 Å². The van der Waals surface area contributed by atoms with Crippen LogP contribution in [0.5, 0.6) is 17.2 Å². The minimum absolute atomic E-state index is 0.0263. The number of anilines is 3. The Morgan fingerprint density at radius 2 is 1.57 bits per heavy atom. The Hall–Kier alpha value is -4.21. The summed E-state index contributed by atoms with van der Waals surface area (Å²) in [7, 11) is 2.78. The Kier molecular flexibility index (Phi) is 10.3. The van der Waals surface area contributed by atoms with Crippen molar-refractivity contribution in [2.45, 2.75) is 25.7 Å². The largest absolute Gasteiger partial charge is 0.496 e. The summed E-state index contributed by atoms with van der Waals surface area (Å²) in [6.07, 6.45) is 3.48. The van der Waals surface area contributed by atoms with Gasteiger partial charge < -0.3 is 19.1 Å². The SMILES string of the molecule is COC(=O)c1cc(Br)c(CC(=O)NN(c2ccc(Oc3ccc(Cl)cc3)cc2)c2ccccc2N2CCCCC2)cc1OC. The molecular formula is C34H33BrClN3O5. The van der Waals surface area contributed by atoms with E-state index in [1.165, 1.54) is 20.6 Å². The van der Waals surface area contributed by atoms with E-state index in [1.54, 1.807) is 24.3 Å². The molecule has 0 radical (unpaired) electrons. The zero-order chi connectivity index (χ0) is 31.1. The number of nitrogens with zero attached hydrogens (tertiary/aromatic N) is 2. The van der Waals surface area contributed by atoms with Gasteiger partial charge in [-0.1, -0.05) is 39.7 Å². The van der Waals surface area contributed by atoms with Crippen LogP contribution in [-0.2, 0) is 16.0 Å². The first kappa shape index (κ1) is 31.2. The summed E-state index contributed by atoms with van der Waals surface area (Å²) in [4.78, 5) is 28.2. The Morgan fingerprint density at radius 3 is 2.23 bits per heavy atom. The van der Waals surface area contributed by atoms with Gasteiger partial charge in [-0.25, -0.2) is 4.79 Å². The van der Waals surface area contributed by atoms with E-state index in [-0.39, 0.29) is 17.9 Å². The third-order valence-electron chi connectivity index (χ3n) is 7.32. The standard InChI is InChI=1S/C34H33BrClN3O5/c1-42-32-20-23(29(35)22-28(32)34(41)43-2)21-33(40)37-39(31-9-5-4-8-30(31)38-18-6-3-7-19-38)25-12-16-27(17-13-25)44-26-14-10-24(36)11-15-26/h4-5,8-17,20,22H,3,6-7,18-19,21H2,1-2H3,(H,37,40). The van der Waals surface area contributed by atoms with E-state index in [0.717, 1.165) is 43.0 Å². The molecule has 10 heteroatoms. The summed E-state index contributed by atoms with van der Waals surface area (Å²) < 4.78 is 16.9. The average molecular weight is 679 g/mol. The average Bonchev–Trinajstić information content (AvgIpc) is 3.06.